The molecule has 0 bridgehead atoms. The van der Waals surface area contributed by atoms with Gasteiger partial charge in [-0.1, -0.05) is 54.1 Å². The predicted octanol–water partition coefficient (Wildman–Crippen LogP) is 1.11. The van der Waals surface area contributed by atoms with E-state index in [2.05, 4.69) is 24.8 Å². The van der Waals surface area contributed by atoms with E-state index < -0.39 is 12.1 Å². The van der Waals surface area contributed by atoms with Crippen LogP contribution in [0.5, 0.6) is 0 Å². The van der Waals surface area contributed by atoms with Gasteiger partial charge in [0.15, 0.2) is 0 Å². The SMILES string of the molecule is C[C@@H]([NH3+])c1ccccc1.O=C([O-])[C@H](O)c1cccc(Cl)c1. The van der Waals surface area contributed by atoms with Gasteiger partial charge in [-0.25, -0.2) is 0 Å². The second kappa shape index (κ2) is 8.42. The second-order valence-electron chi connectivity index (χ2n) is 4.59. The molecule has 0 radical (unpaired) electrons. The zero-order chi connectivity index (χ0) is 15.8. The Morgan fingerprint density at radius 2 is 1.71 bits per heavy atom. The number of aliphatic hydroxyl groups excluding tert-OH is 1. The van der Waals surface area contributed by atoms with Crippen molar-refractivity contribution in [3.8, 4) is 0 Å². The maximum absolute atomic E-state index is 10.2. The van der Waals surface area contributed by atoms with Gasteiger partial charge in [0.2, 0.25) is 0 Å². The average Bonchev–Trinajstić information content (AvgIpc) is 2.48. The van der Waals surface area contributed by atoms with Gasteiger partial charge in [-0.3, -0.25) is 0 Å². The van der Waals surface area contributed by atoms with Crippen molar-refractivity contribution >= 4 is 17.6 Å². The predicted molar refractivity (Wildman–Crippen MR) is 79.2 cm³/mol. The number of benzene rings is 2. The first-order valence-corrected chi connectivity index (χ1v) is 6.82. The Kier molecular flexibility index (Phi) is 6.88. The van der Waals surface area contributed by atoms with Gasteiger partial charge >= 0.3 is 0 Å². The summed E-state index contributed by atoms with van der Waals surface area (Å²) in [6, 6.07) is 16.7. The van der Waals surface area contributed by atoms with E-state index in [0.717, 1.165) is 0 Å². The van der Waals surface area contributed by atoms with Crippen molar-refractivity contribution in [2.45, 2.75) is 19.1 Å². The average molecular weight is 308 g/mol. The van der Waals surface area contributed by atoms with Gasteiger partial charge in [0.05, 0.1) is 5.97 Å². The molecule has 0 aliphatic rings. The molecular formula is C16H18ClNO3. The molecule has 21 heavy (non-hydrogen) atoms. The van der Waals surface area contributed by atoms with Gasteiger partial charge in [0, 0.05) is 10.6 Å². The summed E-state index contributed by atoms with van der Waals surface area (Å²) < 4.78 is 0. The number of carboxylic acids is 1. The number of rotatable bonds is 3. The number of carboxylic acid groups (broad SMARTS) is 1. The van der Waals surface area contributed by atoms with Gasteiger partial charge in [-0.2, -0.15) is 0 Å². The normalized spacial score (nSPS) is 12.8. The van der Waals surface area contributed by atoms with Gasteiger partial charge in [0.25, 0.3) is 0 Å². The molecule has 0 spiro atoms. The Labute approximate surface area is 128 Å². The number of hydrogen-bond donors (Lipinski definition) is 2. The molecule has 0 amide bonds. The maximum atomic E-state index is 10.2. The Bertz CT molecular complexity index is 573. The summed E-state index contributed by atoms with van der Waals surface area (Å²) in [7, 11) is 0. The van der Waals surface area contributed by atoms with Crippen molar-refractivity contribution in [3.05, 3.63) is 70.7 Å². The highest BCUT2D eigenvalue weighted by atomic mass is 35.5. The molecule has 2 aromatic rings. The van der Waals surface area contributed by atoms with Gasteiger partial charge in [-0.05, 0) is 24.6 Å². The summed E-state index contributed by atoms with van der Waals surface area (Å²) in [6.45, 7) is 2.09. The van der Waals surface area contributed by atoms with E-state index in [1.54, 1.807) is 12.1 Å². The van der Waals surface area contributed by atoms with E-state index in [1.807, 2.05) is 18.2 Å². The van der Waals surface area contributed by atoms with Crippen LogP contribution in [0.1, 0.15) is 30.2 Å². The van der Waals surface area contributed by atoms with Crippen LogP contribution in [0.25, 0.3) is 0 Å². The van der Waals surface area contributed by atoms with Crippen molar-refractivity contribution in [2.24, 2.45) is 0 Å². The molecule has 0 saturated heterocycles. The lowest BCUT2D eigenvalue weighted by atomic mass is 10.1. The third-order valence-corrected chi connectivity index (χ3v) is 2.99. The van der Waals surface area contributed by atoms with Crippen LogP contribution < -0.4 is 10.8 Å². The number of carbonyl (C=O) groups excluding carboxylic acids is 1. The summed E-state index contributed by atoms with van der Waals surface area (Å²) >= 11 is 5.57. The first-order chi connectivity index (χ1) is 9.91. The molecule has 112 valence electrons. The smallest absolute Gasteiger partial charge is 0.118 e. The molecule has 2 aromatic carbocycles. The largest absolute Gasteiger partial charge is 0.547 e. The van der Waals surface area contributed by atoms with Gasteiger partial charge in [-0.15, -0.1) is 0 Å². The molecule has 0 aliphatic carbocycles. The second-order valence-corrected chi connectivity index (χ2v) is 5.02. The van der Waals surface area contributed by atoms with E-state index in [-0.39, 0.29) is 5.56 Å². The maximum Gasteiger partial charge on any atom is 0.118 e. The molecule has 0 fully saturated rings. The number of quaternary nitrogens is 1. The van der Waals surface area contributed by atoms with Crippen LogP contribution in [-0.4, -0.2) is 11.1 Å². The number of carbonyl (C=O) groups is 1. The molecule has 4 N–H and O–H groups in total. The van der Waals surface area contributed by atoms with Crippen LogP contribution in [0.2, 0.25) is 5.02 Å². The molecule has 5 heteroatoms. The van der Waals surface area contributed by atoms with Crippen molar-refractivity contribution in [3.63, 3.8) is 0 Å². The standard InChI is InChI=1S/C8H7ClO3.C8H11N/c9-6-3-1-2-5(4-6)7(10)8(11)12;1-7(9)8-5-3-2-4-6-8/h1-4,7,10H,(H,11,12);2-7H,9H2,1H3/t2*7-/m11/s1. The quantitative estimate of drug-likeness (QED) is 0.890. The first-order valence-electron chi connectivity index (χ1n) is 6.44. The van der Waals surface area contributed by atoms with Gasteiger partial charge in [0.1, 0.15) is 12.1 Å². The molecule has 0 heterocycles. The molecule has 0 aliphatic heterocycles. The Balaban J connectivity index is 0.000000219. The monoisotopic (exact) mass is 307 g/mol. The van der Waals surface area contributed by atoms with E-state index in [1.165, 1.54) is 17.7 Å². The minimum atomic E-state index is -1.61. The third-order valence-electron chi connectivity index (χ3n) is 2.76. The van der Waals surface area contributed by atoms with Crippen LogP contribution in [-0.2, 0) is 4.79 Å². The molecule has 0 unspecified atom stereocenters. The molecule has 4 nitrogen and oxygen atoms in total. The van der Waals surface area contributed by atoms with Crippen LogP contribution in [0.15, 0.2) is 54.6 Å². The van der Waals surface area contributed by atoms with E-state index in [4.69, 9.17) is 16.7 Å². The van der Waals surface area contributed by atoms with E-state index in [9.17, 15) is 9.90 Å². The zero-order valence-corrected chi connectivity index (χ0v) is 12.5. The minimum absolute atomic E-state index is 0.225. The first kappa shape index (κ1) is 17.2. The van der Waals surface area contributed by atoms with E-state index in [0.29, 0.717) is 11.1 Å². The number of halogens is 1. The molecule has 0 aromatic heterocycles. The summed E-state index contributed by atoms with van der Waals surface area (Å²) in [4.78, 5) is 10.2. The third kappa shape index (κ3) is 5.95. The fourth-order valence-corrected chi connectivity index (χ4v) is 1.79. The zero-order valence-electron chi connectivity index (χ0n) is 11.7. The highest BCUT2D eigenvalue weighted by Crippen LogP contribution is 2.16. The summed E-state index contributed by atoms with van der Waals surface area (Å²) in [5, 5.41) is 19.6. The molecular weight excluding hydrogens is 290 g/mol. The van der Waals surface area contributed by atoms with Crippen LogP contribution in [0, 0.1) is 0 Å². The van der Waals surface area contributed by atoms with Crippen molar-refractivity contribution in [1.82, 2.24) is 0 Å². The highest BCUT2D eigenvalue weighted by Gasteiger charge is 2.07. The molecule has 2 rings (SSSR count). The highest BCUT2D eigenvalue weighted by molar-refractivity contribution is 6.30. The Morgan fingerprint density at radius 1 is 1.14 bits per heavy atom. The van der Waals surface area contributed by atoms with Crippen molar-refractivity contribution in [1.29, 1.82) is 0 Å². The number of aliphatic hydroxyl groups is 1. The topological polar surface area (TPSA) is 88.0 Å². The number of aliphatic carboxylic acids is 1. The molecule has 0 saturated carbocycles. The lowest BCUT2D eigenvalue weighted by Gasteiger charge is -2.11. The van der Waals surface area contributed by atoms with Crippen LogP contribution >= 0.6 is 11.6 Å². The fraction of sp³-hybridized carbons (Fsp3) is 0.188. The lowest BCUT2D eigenvalue weighted by molar-refractivity contribution is -0.420. The Morgan fingerprint density at radius 3 is 2.14 bits per heavy atom. The van der Waals surface area contributed by atoms with Crippen LogP contribution in [0.3, 0.4) is 0 Å². The summed E-state index contributed by atoms with van der Waals surface area (Å²) in [5.74, 6) is -1.53. The lowest BCUT2D eigenvalue weighted by Crippen LogP contribution is -2.51. The summed E-state index contributed by atoms with van der Waals surface area (Å²) in [5.41, 5.74) is 5.44. The number of hydrogen-bond acceptors (Lipinski definition) is 3. The van der Waals surface area contributed by atoms with Crippen molar-refractivity contribution < 1.29 is 20.7 Å². The molecule has 2 atom stereocenters. The van der Waals surface area contributed by atoms with Crippen LogP contribution in [0.4, 0.5) is 0 Å². The Hall–Kier alpha value is -1.88. The van der Waals surface area contributed by atoms with Gasteiger partial charge < -0.3 is 20.7 Å². The minimum Gasteiger partial charge on any atom is -0.547 e. The summed E-state index contributed by atoms with van der Waals surface area (Å²) in [6.07, 6.45) is -1.61. The van der Waals surface area contributed by atoms with E-state index >= 15 is 0 Å². The fourth-order valence-electron chi connectivity index (χ4n) is 1.59. The van der Waals surface area contributed by atoms with Crippen molar-refractivity contribution in [2.75, 3.05) is 0 Å².